The van der Waals surface area contributed by atoms with Gasteiger partial charge in [0.1, 0.15) is 0 Å². The molecule has 7 heteroatoms. The van der Waals surface area contributed by atoms with E-state index >= 15 is 0 Å². The molecule has 124 valence electrons. The number of aryl methyl sites for hydroxylation is 1. The van der Waals surface area contributed by atoms with Gasteiger partial charge in [-0.25, -0.2) is 8.78 Å². The van der Waals surface area contributed by atoms with Gasteiger partial charge in [0.05, 0.1) is 0 Å². The van der Waals surface area contributed by atoms with Crippen molar-refractivity contribution in [1.29, 1.82) is 0 Å². The molecule has 3 nitrogen and oxygen atoms in total. The van der Waals surface area contributed by atoms with Gasteiger partial charge in [0.15, 0.2) is 24.0 Å². The lowest BCUT2D eigenvalue weighted by molar-refractivity contribution is 0.0915. The monoisotopic (exact) mass is 337 g/mol. The van der Waals surface area contributed by atoms with Gasteiger partial charge in [0.25, 0.3) is 0 Å². The predicted octanol–water partition coefficient (Wildman–Crippen LogP) is 4.29. The molecule has 0 aliphatic carbocycles. The Kier molecular flexibility index (Phi) is 4.01. The van der Waals surface area contributed by atoms with Crippen molar-refractivity contribution in [2.75, 3.05) is 6.61 Å². The van der Waals surface area contributed by atoms with Gasteiger partial charge in [-0.3, -0.25) is 4.79 Å². The maximum absolute atomic E-state index is 13.5. The second kappa shape index (κ2) is 5.99. The molecule has 0 aliphatic rings. The Labute approximate surface area is 133 Å². The lowest BCUT2D eigenvalue weighted by Gasteiger charge is -2.09. The van der Waals surface area contributed by atoms with Gasteiger partial charge in [-0.2, -0.15) is 8.78 Å². The van der Waals surface area contributed by atoms with Gasteiger partial charge in [-0.1, -0.05) is 18.2 Å². The fourth-order valence-corrected chi connectivity index (χ4v) is 2.52. The van der Waals surface area contributed by atoms with Crippen molar-refractivity contribution in [1.82, 2.24) is 4.98 Å². The zero-order valence-corrected chi connectivity index (χ0v) is 12.4. The van der Waals surface area contributed by atoms with Gasteiger partial charge < -0.3 is 9.72 Å². The first-order valence-corrected chi connectivity index (χ1v) is 6.96. The molecule has 0 fully saturated rings. The van der Waals surface area contributed by atoms with Crippen molar-refractivity contribution in [2.24, 2.45) is 0 Å². The molecule has 0 bridgehead atoms. The van der Waals surface area contributed by atoms with Crippen molar-refractivity contribution in [2.45, 2.75) is 6.92 Å². The van der Waals surface area contributed by atoms with Gasteiger partial charge in [0, 0.05) is 28.2 Å². The van der Waals surface area contributed by atoms with Crippen LogP contribution in [0.3, 0.4) is 0 Å². The van der Waals surface area contributed by atoms with Crippen LogP contribution < -0.4 is 4.74 Å². The average Bonchev–Trinajstić information content (AvgIpc) is 2.88. The number of Topliss-reactive ketones (excluding diaryl/α,β-unsaturated/α-hetero) is 1. The molecule has 0 saturated heterocycles. The number of hydrogen-bond acceptors (Lipinski definition) is 2. The molecule has 1 N–H and O–H groups in total. The molecule has 0 radical (unpaired) electrons. The fourth-order valence-electron chi connectivity index (χ4n) is 2.52. The summed E-state index contributed by atoms with van der Waals surface area (Å²) in [5.41, 5.74) is 1.56. The third-order valence-corrected chi connectivity index (χ3v) is 3.59. The number of aromatic amines is 1. The SMILES string of the molecule is Cc1[nH]c2ccccc2c1C(=O)COc1c(F)c(F)cc(F)c1F. The highest BCUT2D eigenvalue weighted by molar-refractivity contribution is 6.09. The normalized spacial score (nSPS) is 11.0. The van der Waals surface area contributed by atoms with Crippen molar-refractivity contribution in [3.05, 3.63) is 64.9 Å². The van der Waals surface area contributed by atoms with E-state index in [0.717, 1.165) is 0 Å². The number of hydrogen-bond donors (Lipinski definition) is 1. The molecule has 2 aromatic carbocycles. The summed E-state index contributed by atoms with van der Waals surface area (Å²) in [5, 5.41) is 0.620. The second-order valence-electron chi connectivity index (χ2n) is 5.18. The van der Waals surface area contributed by atoms with E-state index < -0.39 is 41.4 Å². The zero-order valence-electron chi connectivity index (χ0n) is 12.4. The minimum absolute atomic E-state index is 0.0726. The van der Waals surface area contributed by atoms with E-state index in [1.165, 1.54) is 0 Å². The number of ether oxygens (including phenoxy) is 1. The summed E-state index contributed by atoms with van der Waals surface area (Å²) < 4.78 is 58.1. The number of carbonyl (C=O) groups excluding carboxylic acids is 1. The minimum atomic E-state index is -1.68. The Morgan fingerprint density at radius 1 is 1.08 bits per heavy atom. The van der Waals surface area contributed by atoms with Gasteiger partial charge in [0.2, 0.25) is 17.4 Å². The maximum Gasteiger partial charge on any atom is 0.203 e. The molecule has 0 unspecified atom stereocenters. The lowest BCUT2D eigenvalue weighted by atomic mass is 10.1. The molecule has 0 saturated carbocycles. The van der Waals surface area contributed by atoms with E-state index in [0.29, 0.717) is 22.2 Å². The molecule has 1 aromatic heterocycles. The van der Waals surface area contributed by atoms with Crippen LogP contribution in [0.15, 0.2) is 30.3 Å². The molecule has 0 spiro atoms. The zero-order chi connectivity index (χ0) is 17.4. The summed E-state index contributed by atoms with van der Waals surface area (Å²) in [5.74, 6) is -8.39. The first-order chi connectivity index (χ1) is 11.4. The lowest BCUT2D eigenvalue weighted by Crippen LogP contribution is -2.14. The highest BCUT2D eigenvalue weighted by atomic mass is 19.2. The number of fused-ring (bicyclic) bond motifs is 1. The molecule has 1 heterocycles. The van der Waals surface area contributed by atoms with Crippen LogP contribution >= 0.6 is 0 Å². The number of halogens is 4. The van der Waals surface area contributed by atoms with E-state index in [4.69, 9.17) is 4.74 Å². The van der Waals surface area contributed by atoms with E-state index in [1.54, 1.807) is 31.2 Å². The summed E-state index contributed by atoms with van der Waals surface area (Å²) in [6.45, 7) is 0.898. The number of aromatic nitrogens is 1. The van der Waals surface area contributed by atoms with Crippen LogP contribution in [0.4, 0.5) is 17.6 Å². The summed E-state index contributed by atoms with van der Waals surface area (Å²) in [6.07, 6.45) is 0. The molecular formula is C17H11F4NO2. The number of carbonyl (C=O) groups is 1. The summed E-state index contributed by atoms with van der Waals surface area (Å²) in [6, 6.07) is 7.05. The maximum atomic E-state index is 13.5. The number of para-hydroxylation sites is 1. The van der Waals surface area contributed by atoms with Crippen LogP contribution in [0.2, 0.25) is 0 Å². The Morgan fingerprint density at radius 3 is 2.38 bits per heavy atom. The van der Waals surface area contributed by atoms with Crippen LogP contribution in [0.1, 0.15) is 16.1 Å². The number of nitrogens with one attached hydrogen (secondary N) is 1. The average molecular weight is 337 g/mol. The van der Waals surface area contributed by atoms with Gasteiger partial charge in [-0.15, -0.1) is 0 Å². The summed E-state index contributed by atoms with van der Waals surface area (Å²) in [7, 11) is 0. The van der Waals surface area contributed by atoms with Crippen LogP contribution in [0.5, 0.6) is 5.75 Å². The fraction of sp³-hybridized carbons (Fsp3) is 0.118. The largest absolute Gasteiger partial charge is 0.479 e. The first kappa shape index (κ1) is 16.0. The van der Waals surface area contributed by atoms with Gasteiger partial charge in [-0.05, 0) is 13.0 Å². The van der Waals surface area contributed by atoms with Crippen LogP contribution in [0, 0.1) is 30.2 Å². The van der Waals surface area contributed by atoms with Crippen molar-refractivity contribution in [3.8, 4) is 5.75 Å². The van der Waals surface area contributed by atoms with E-state index in [-0.39, 0.29) is 6.07 Å². The summed E-state index contributed by atoms with van der Waals surface area (Å²) in [4.78, 5) is 15.3. The van der Waals surface area contributed by atoms with E-state index in [1.807, 2.05) is 0 Å². The quantitative estimate of drug-likeness (QED) is 0.438. The van der Waals surface area contributed by atoms with E-state index in [9.17, 15) is 22.4 Å². The number of rotatable bonds is 4. The highest BCUT2D eigenvalue weighted by Gasteiger charge is 2.23. The predicted molar refractivity (Wildman–Crippen MR) is 79.1 cm³/mol. The molecule has 0 aliphatic heterocycles. The molecule has 0 amide bonds. The second-order valence-corrected chi connectivity index (χ2v) is 5.18. The number of benzene rings is 2. The highest BCUT2D eigenvalue weighted by Crippen LogP contribution is 2.27. The third kappa shape index (κ3) is 2.62. The molecule has 24 heavy (non-hydrogen) atoms. The van der Waals surface area contributed by atoms with Crippen molar-refractivity contribution in [3.63, 3.8) is 0 Å². The van der Waals surface area contributed by atoms with Crippen molar-refractivity contribution >= 4 is 16.7 Å². The topological polar surface area (TPSA) is 42.1 Å². The Bertz CT molecular complexity index is 923. The Morgan fingerprint density at radius 2 is 1.71 bits per heavy atom. The van der Waals surface area contributed by atoms with Crippen molar-refractivity contribution < 1.29 is 27.1 Å². The standard InChI is InChI=1S/C17H11F4NO2/c1-8-14(9-4-2-3-5-12(9)22-8)13(23)7-24-17-15(20)10(18)6-11(19)16(17)21/h2-6,22H,7H2,1H3. The third-order valence-electron chi connectivity index (χ3n) is 3.59. The molecular weight excluding hydrogens is 326 g/mol. The Balaban J connectivity index is 1.90. The molecule has 0 atom stereocenters. The number of ketones is 1. The van der Waals surface area contributed by atoms with Crippen LogP contribution in [-0.2, 0) is 0 Å². The Hall–Kier alpha value is -2.83. The minimum Gasteiger partial charge on any atom is -0.479 e. The van der Waals surface area contributed by atoms with Gasteiger partial charge >= 0.3 is 0 Å². The van der Waals surface area contributed by atoms with E-state index in [2.05, 4.69) is 4.98 Å². The molecule has 3 aromatic rings. The van der Waals surface area contributed by atoms with Crippen LogP contribution in [-0.4, -0.2) is 17.4 Å². The molecule has 3 rings (SSSR count). The summed E-state index contributed by atoms with van der Waals surface area (Å²) >= 11 is 0. The number of H-pyrrole nitrogens is 1. The van der Waals surface area contributed by atoms with Crippen LogP contribution in [0.25, 0.3) is 10.9 Å². The first-order valence-electron chi connectivity index (χ1n) is 6.96. The smallest absolute Gasteiger partial charge is 0.203 e.